The molecule has 1 aromatic carbocycles. The van der Waals surface area contributed by atoms with Gasteiger partial charge in [0.2, 0.25) is 11.7 Å². The number of nitrogens with one attached hydrogen (secondary N) is 1. The van der Waals surface area contributed by atoms with Gasteiger partial charge in [0.1, 0.15) is 0 Å². The summed E-state index contributed by atoms with van der Waals surface area (Å²) in [6, 6.07) is 4.38. The van der Waals surface area contributed by atoms with Crippen LogP contribution in [0.2, 0.25) is 0 Å². The number of hydrogen-bond donors (Lipinski definition) is 1. The number of hydrogen-bond acceptors (Lipinski definition) is 5. The van der Waals surface area contributed by atoms with E-state index in [-0.39, 0.29) is 6.04 Å². The molecule has 1 atom stereocenters. The predicted octanol–water partition coefficient (Wildman–Crippen LogP) is 2.65. The molecule has 0 aliphatic carbocycles. The second kappa shape index (κ2) is 6.25. The smallest absolute Gasteiger partial charge is 0.228 e. The Morgan fingerprint density at radius 1 is 1.33 bits per heavy atom. The summed E-state index contributed by atoms with van der Waals surface area (Å²) in [6.45, 7) is 6.45. The van der Waals surface area contributed by atoms with E-state index in [2.05, 4.69) is 57.4 Å². The molecule has 21 heavy (non-hydrogen) atoms. The van der Waals surface area contributed by atoms with E-state index in [0.717, 1.165) is 23.2 Å². The first kappa shape index (κ1) is 14.7. The second-order valence-electron chi connectivity index (χ2n) is 5.37. The van der Waals surface area contributed by atoms with Crippen molar-refractivity contribution in [1.82, 2.24) is 15.5 Å². The molecule has 0 amide bonds. The van der Waals surface area contributed by atoms with Crippen LogP contribution in [0.5, 0.6) is 0 Å². The zero-order chi connectivity index (χ0) is 14.8. The van der Waals surface area contributed by atoms with Crippen LogP contribution in [0.4, 0.5) is 0 Å². The molecule has 2 aromatic rings. The molecule has 1 fully saturated rings. The van der Waals surface area contributed by atoms with Crippen LogP contribution in [0.1, 0.15) is 17.0 Å². The zero-order valence-electron chi connectivity index (χ0n) is 12.1. The third-order valence-electron chi connectivity index (χ3n) is 3.58. The van der Waals surface area contributed by atoms with E-state index < -0.39 is 0 Å². The minimum absolute atomic E-state index is 0.250. The van der Waals surface area contributed by atoms with E-state index in [0.29, 0.717) is 24.7 Å². The Kier molecular flexibility index (Phi) is 4.37. The fourth-order valence-electron chi connectivity index (χ4n) is 2.49. The van der Waals surface area contributed by atoms with Crippen LogP contribution in [0.3, 0.4) is 0 Å². The van der Waals surface area contributed by atoms with Crippen LogP contribution in [0.25, 0.3) is 11.4 Å². The Hall–Kier alpha value is -1.24. The van der Waals surface area contributed by atoms with Gasteiger partial charge in [-0.05, 0) is 37.1 Å². The lowest BCUT2D eigenvalue weighted by molar-refractivity contribution is 0.0744. The fourth-order valence-corrected chi connectivity index (χ4v) is 2.72. The summed E-state index contributed by atoms with van der Waals surface area (Å²) in [5.74, 6) is 1.28. The normalized spacial score (nSPS) is 18.9. The molecule has 3 rings (SSSR count). The molecular formula is C15H18BrN3O2. The molecular weight excluding hydrogens is 334 g/mol. The first-order valence-electron chi connectivity index (χ1n) is 7.04. The van der Waals surface area contributed by atoms with Crippen molar-refractivity contribution in [2.24, 2.45) is 0 Å². The second-order valence-corrected chi connectivity index (χ2v) is 6.16. The number of aryl methyl sites for hydroxylation is 2. The highest BCUT2D eigenvalue weighted by atomic mass is 79.9. The van der Waals surface area contributed by atoms with Crippen molar-refractivity contribution < 1.29 is 9.26 Å². The molecule has 1 saturated heterocycles. The Morgan fingerprint density at radius 2 is 2.10 bits per heavy atom. The Labute approximate surface area is 132 Å². The molecule has 1 aliphatic heterocycles. The quantitative estimate of drug-likeness (QED) is 0.920. The van der Waals surface area contributed by atoms with Crippen molar-refractivity contribution in [3.63, 3.8) is 0 Å². The first-order chi connectivity index (χ1) is 10.1. The number of ether oxygens (including phenoxy) is 1. The molecule has 2 heterocycles. The van der Waals surface area contributed by atoms with Gasteiger partial charge in [-0.2, -0.15) is 4.98 Å². The molecule has 0 saturated carbocycles. The lowest BCUT2D eigenvalue weighted by Crippen LogP contribution is -2.42. The van der Waals surface area contributed by atoms with Crippen LogP contribution < -0.4 is 5.32 Å². The van der Waals surface area contributed by atoms with Crippen molar-refractivity contribution in [3.05, 3.63) is 33.6 Å². The highest BCUT2D eigenvalue weighted by Gasteiger charge is 2.18. The van der Waals surface area contributed by atoms with E-state index >= 15 is 0 Å². The Bertz CT molecular complexity index is 613. The van der Waals surface area contributed by atoms with Gasteiger partial charge in [-0.25, -0.2) is 0 Å². The monoisotopic (exact) mass is 351 g/mol. The van der Waals surface area contributed by atoms with Crippen LogP contribution in [0.15, 0.2) is 21.1 Å². The summed E-state index contributed by atoms with van der Waals surface area (Å²) in [5.41, 5.74) is 3.31. The molecule has 1 N–H and O–H groups in total. The lowest BCUT2D eigenvalue weighted by atomic mass is 10.1. The van der Waals surface area contributed by atoms with E-state index in [1.54, 1.807) is 0 Å². The number of morpholine rings is 1. The molecule has 0 spiro atoms. The zero-order valence-corrected chi connectivity index (χ0v) is 13.7. The van der Waals surface area contributed by atoms with Gasteiger partial charge in [-0.15, -0.1) is 0 Å². The van der Waals surface area contributed by atoms with E-state index in [1.165, 1.54) is 11.1 Å². The average Bonchev–Trinajstić information content (AvgIpc) is 2.94. The summed E-state index contributed by atoms with van der Waals surface area (Å²) in [6.07, 6.45) is 0.696. The third kappa shape index (κ3) is 3.33. The number of benzene rings is 1. The largest absolute Gasteiger partial charge is 0.378 e. The maximum Gasteiger partial charge on any atom is 0.228 e. The van der Waals surface area contributed by atoms with Crippen LogP contribution in [-0.2, 0) is 11.2 Å². The number of halogens is 1. The van der Waals surface area contributed by atoms with E-state index in [9.17, 15) is 0 Å². The van der Waals surface area contributed by atoms with E-state index in [1.807, 2.05) is 0 Å². The molecule has 6 heteroatoms. The van der Waals surface area contributed by atoms with Crippen molar-refractivity contribution in [1.29, 1.82) is 0 Å². The molecule has 1 aromatic heterocycles. The fraction of sp³-hybridized carbons (Fsp3) is 0.467. The maximum atomic E-state index is 5.43. The molecule has 1 unspecified atom stereocenters. The molecule has 5 nitrogen and oxygen atoms in total. The Morgan fingerprint density at radius 3 is 2.76 bits per heavy atom. The van der Waals surface area contributed by atoms with Crippen molar-refractivity contribution in [2.45, 2.75) is 26.3 Å². The standard InChI is InChI=1S/C15H18BrN3O2/c1-9-5-11(6-10(2)14(9)16)15-18-13(21-19-15)7-12-8-20-4-3-17-12/h5-6,12,17H,3-4,7-8H2,1-2H3. The van der Waals surface area contributed by atoms with Gasteiger partial charge in [-0.3, -0.25) is 0 Å². The van der Waals surface area contributed by atoms with Gasteiger partial charge < -0.3 is 14.6 Å². The minimum Gasteiger partial charge on any atom is -0.378 e. The van der Waals surface area contributed by atoms with Crippen molar-refractivity contribution in [3.8, 4) is 11.4 Å². The first-order valence-corrected chi connectivity index (χ1v) is 7.83. The van der Waals surface area contributed by atoms with Gasteiger partial charge >= 0.3 is 0 Å². The highest BCUT2D eigenvalue weighted by molar-refractivity contribution is 9.10. The lowest BCUT2D eigenvalue weighted by Gasteiger charge is -2.22. The van der Waals surface area contributed by atoms with Crippen LogP contribution in [-0.4, -0.2) is 35.9 Å². The highest BCUT2D eigenvalue weighted by Crippen LogP contribution is 2.27. The van der Waals surface area contributed by atoms with Crippen LogP contribution in [0, 0.1) is 13.8 Å². The summed E-state index contributed by atoms with van der Waals surface area (Å²) < 4.78 is 11.9. The third-order valence-corrected chi connectivity index (χ3v) is 4.83. The van der Waals surface area contributed by atoms with Gasteiger partial charge in [-0.1, -0.05) is 21.1 Å². The average molecular weight is 352 g/mol. The molecule has 112 valence electrons. The summed E-state index contributed by atoms with van der Waals surface area (Å²) in [4.78, 5) is 4.50. The molecule has 1 aliphatic rings. The number of aromatic nitrogens is 2. The van der Waals surface area contributed by atoms with Gasteiger partial charge in [0.05, 0.1) is 13.2 Å². The minimum atomic E-state index is 0.250. The maximum absolute atomic E-state index is 5.43. The number of nitrogens with zero attached hydrogens (tertiary/aromatic N) is 2. The number of rotatable bonds is 3. The summed E-state index contributed by atoms with van der Waals surface area (Å²) >= 11 is 3.57. The summed E-state index contributed by atoms with van der Waals surface area (Å²) in [5, 5.41) is 7.48. The SMILES string of the molecule is Cc1cc(-c2noc(CC3COCCN3)n2)cc(C)c1Br. The summed E-state index contributed by atoms with van der Waals surface area (Å²) in [7, 11) is 0. The van der Waals surface area contributed by atoms with Gasteiger partial charge in [0.15, 0.2) is 0 Å². The molecule has 0 bridgehead atoms. The van der Waals surface area contributed by atoms with Crippen molar-refractivity contribution >= 4 is 15.9 Å². The van der Waals surface area contributed by atoms with Crippen LogP contribution >= 0.6 is 15.9 Å². The Balaban J connectivity index is 1.78. The van der Waals surface area contributed by atoms with Crippen molar-refractivity contribution in [2.75, 3.05) is 19.8 Å². The topological polar surface area (TPSA) is 60.2 Å². The molecule has 0 radical (unpaired) electrons. The van der Waals surface area contributed by atoms with E-state index in [4.69, 9.17) is 9.26 Å². The predicted molar refractivity (Wildman–Crippen MR) is 83.2 cm³/mol. The van der Waals surface area contributed by atoms with Gasteiger partial charge in [0, 0.05) is 29.0 Å². The van der Waals surface area contributed by atoms with Gasteiger partial charge in [0.25, 0.3) is 0 Å².